The van der Waals surface area contributed by atoms with Crippen molar-refractivity contribution < 1.29 is 17.5 Å². The Hall–Kier alpha value is -1.34. The highest BCUT2D eigenvalue weighted by molar-refractivity contribution is 7.89. The quantitative estimate of drug-likeness (QED) is 0.817. The van der Waals surface area contributed by atoms with E-state index in [0.717, 1.165) is 31.7 Å². The van der Waals surface area contributed by atoms with Gasteiger partial charge in [-0.3, -0.25) is 0 Å². The number of hydrogen-bond acceptors (Lipinski definition) is 4. The maximum absolute atomic E-state index is 13.7. The number of nitrogen functional groups attached to an aromatic ring is 1. The molecule has 0 aliphatic heterocycles. The molecule has 7 heteroatoms. The predicted molar refractivity (Wildman–Crippen MR) is 79.1 cm³/mol. The largest absolute Gasteiger partial charge is 0.492 e. The molecule has 1 aliphatic rings. The molecule has 0 spiro atoms. The van der Waals surface area contributed by atoms with Crippen LogP contribution in [-0.2, 0) is 10.0 Å². The molecule has 1 fully saturated rings. The van der Waals surface area contributed by atoms with Crippen molar-refractivity contribution in [3.05, 3.63) is 17.9 Å². The summed E-state index contributed by atoms with van der Waals surface area (Å²) < 4.78 is 45.5. The lowest BCUT2D eigenvalue weighted by molar-refractivity contribution is 0.357. The lowest BCUT2D eigenvalue weighted by atomic mass is 9.90. The van der Waals surface area contributed by atoms with E-state index in [-0.39, 0.29) is 16.3 Å². The van der Waals surface area contributed by atoms with Crippen molar-refractivity contribution in [2.24, 2.45) is 5.92 Å². The van der Waals surface area contributed by atoms with Crippen LogP contribution < -0.4 is 15.2 Å². The zero-order valence-electron chi connectivity index (χ0n) is 12.1. The summed E-state index contributed by atoms with van der Waals surface area (Å²) >= 11 is 0. The van der Waals surface area contributed by atoms with Crippen LogP contribution in [0.25, 0.3) is 0 Å². The van der Waals surface area contributed by atoms with Crippen molar-refractivity contribution in [3.8, 4) is 5.75 Å². The highest BCUT2D eigenvalue weighted by Crippen LogP contribution is 2.29. The molecule has 2 rings (SSSR count). The molecule has 0 saturated heterocycles. The molecule has 0 heterocycles. The number of anilines is 1. The Morgan fingerprint density at radius 2 is 2.00 bits per heavy atom. The SMILES string of the molecule is COc1c(N)cc(S(=O)(=O)NCC2CCCCC2)cc1F. The summed E-state index contributed by atoms with van der Waals surface area (Å²) in [5, 5.41) is 0. The Bertz CT molecular complexity index is 575. The Morgan fingerprint density at radius 1 is 1.33 bits per heavy atom. The maximum Gasteiger partial charge on any atom is 0.240 e. The fourth-order valence-corrected chi connectivity index (χ4v) is 3.82. The fraction of sp³-hybridized carbons (Fsp3) is 0.571. The summed E-state index contributed by atoms with van der Waals surface area (Å²) in [4.78, 5) is -0.172. The van der Waals surface area contributed by atoms with E-state index in [9.17, 15) is 12.8 Å². The van der Waals surface area contributed by atoms with Gasteiger partial charge in [-0.2, -0.15) is 0 Å². The summed E-state index contributed by atoms with van der Waals surface area (Å²) in [6.45, 7) is 0.385. The van der Waals surface area contributed by atoms with Gasteiger partial charge in [0.1, 0.15) is 0 Å². The average molecular weight is 316 g/mol. The van der Waals surface area contributed by atoms with Gasteiger partial charge in [0.15, 0.2) is 11.6 Å². The van der Waals surface area contributed by atoms with Crippen LogP contribution >= 0.6 is 0 Å². The molecular weight excluding hydrogens is 295 g/mol. The first-order chi connectivity index (χ1) is 9.94. The first kappa shape index (κ1) is 16.0. The zero-order chi connectivity index (χ0) is 15.5. The average Bonchev–Trinajstić information content (AvgIpc) is 2.46. The molecule has 0 aromatic heterocycles. The fourth-order valence-electron chi connectivity index (χ4n) is 2.66. The molecule has 1 aliphatic carbocycles. The molecule has 3 N–H and O–H groups in total. The Balaban J connectivity index is 2.12. The second-order valence-electron chi connectivity index (χ2n) is 5.38. The van der Waals surface area contributed by atoms with E-state index < -0.39 is 15.8 Å². The van der Waals surface area contributed by atoms with E-state index >= 15 is 0 Å². The van der Waals surface area contributed by atoms with Gasteiger partial charge in [-0.15, -0.1) is 0 Å². The van der Waals surface area contributed by atoms with Crippen molar-refractivity contribution in [1.29, 1.82) is 0 Å². The third kappa shape index (κ3) is 3.85. The zero-order valence-corrected chi connectivity index (χ0v) is 12.9. The first-order valence-electron chi connectivity index (χ1n) is 7.06. The van der Waals surface area contributed by atoms with E-state index in [0.29, 0.717) is 12.5 Å². The minimum absolute atomic E-state index is 0.0319. The topological polar surface area (TPSA) is 81.4 Å². The molecule has 1 saturated carbocycles. The molecular formula is C14H21FN2O3S. The lowest BCUT2D eigenvalue weighted by Gasteiger charge is -2.21. The van der Waals surface area contributed by atoms with Crippen molar-refractivity contribution in [2.45, 2.75) is 37.0 Å². The number of rotatable bonds is 5. The molecule has 5 nitrogen and oxygen atoms in total. The van der Waals surface area contributed by atoms with E-state index in [4.69, 9.17) is 10.5 Å². The molecule has 1 aromatic rings. The van der Waals surface area contributed by atoms with Gasteiger partial charge in [0.05, 0.1) is 17.7 Å². The molecule has 1 aromatic carbocycles. The van der Waals surface area contributed by atoms with Gasteiger partial charge in [-0.25, -0.2) is 17.5 Å². The third-order valence-electron chi connectivity index (χ3n) is 3.85. The van der Waals surface area contributed by atoms with Crippen LogP contribution in [0.1, 0.15) is 32.1 Å². The van der Waals surface area contributed by atoms with E-state index in [1.807, 2.05) is 0 Å². The summed E-state index contributed by atoms with van der Waals surface area (Å²) in [5.41, 5.74) is 5.58. The minimum Gasteiger partial charge on any atom is -0.492 e. The van der Waals surface area contributed by atoms with Crippen LogP contribution in [0.2, 0.25) is 0 Å². The summed E-state index contributed by atoms with van der Waals surface area (Å²) in [6.07, 6.45) is 5.54. The predicted octanol–water partition coefficient (Wildman–Crippen LogP) is 2.28. The number of benzene rings is 1. The van der Waals surface area contributed by atoms with Gasteiger partial charge in [0, 0.05) is 6.54 Å². The Kier molecular flexibility index (Phi) is 5.05. The van der Waals surface area contributed by atoms with Gasteiger partial charge in [0.2, 0.25) is 10.0 Å². The second kappa shape index (κ2) is 6.62. The van der Waals surface area contributed by atoms with E-state index in [2.05, 4.69) is 4.72 Å². The van der Waals surface area contributed by atoms with Crippen LogP contribution in [0.4, 0.5) is 10.1 Å². The molecule has 0 bridgehead atoms. The van der Waals surface area contributed by atoms with Crippen molar-refractivity contribution in [2.75, 3.05) is 19.4 Å². The van der Waals surface area contributed by atoms with Gasteiger partial charge in [0.25, 0.3) is 0 Å². The molecule has 118 valence electrons. The summed E-state index contributed by atoms with van der Waals surface area (Å²) in [5.74, 6) is -0.564. The minimum atomic E-state index is -3.76. The molecule has 0 radical (unpaired) electrons. The van der Waals surface area contributed by atoms with E-state index in [1.165, 1.54) is 19.6 Å². The van der Waals surface area contributed by atoms with Crippen LogP contribution in [-0.4, -0.2) is 22.1 Å². The standard InChI is InChI=1S/C14H21FN2O3S/c1-20-14-12(15)7-11(8-13(14)16)21(18,19)17-9-10-5-3-2-4-6-10/h7-8,10,17H,2-6,9,16H2,1H3. The normalized spacial score (nSPS) is 16.9. The highest BCUT2D eigenvalue weighted by atomic mass is 32.2. The summed E-state index contributed by atoms with van der Waals surface area (Å²) in [6, 6.07) is 2.14. The monoisotopic (exact) mass is 316 g/mol. The molecule has 0 amide bonds. The second-order valence-corrected chi connectivity index (χ2v) is 7.15. The van der Waals surface area contributed by atoms with Crippen LogP contribution in [0.15, 0.2) is 17.0 Å². The number of halogens is 1. The first-order valence-corrected chi connectivity index (χ1v) is 8.55. The Morgan fingerprint density at radius 3 is 2.57 bits per heavy atom. The number of ether oxygens (including phenoxy) is 1. The molecule has 0 unspecified atom stereocenters. The number of sulfonamides is 1. The third-order valence-corrected chi connectivity index (χ3v) is 5.25. The van der Waals surface area contributed by atoms with Crippen LogP contribution in [0, 0.1) is 11.7 Å². The van der Waals surface area contributed by atoms with Crippen LogP contribution in [0.3, 0.4) is 0 Å². The maximum atomic E-state index is 13.7. The van der Waals surface area contributed by atoms with E-state index in [1.54, 1.807) is 0 Å². The van der Waals surface area contributed by atoms with Gasteiger partial charge >= 0.3 is 0 Å². The summed E-state index contributed by atoms with van der Waals surface area (Å²) in [7, 11) is -2.47. The smallest absolute Gasteiger partial charge is 0.240 e. The van der Waals surface area contributed by atoms with Gasteiger partial charge in [-0.05, 0) is 30.9 Å². The Labute approximate surface area is 124 Å². The van der Waals surface area contributed by atoms with Crippen molar-refractivity contribution in [3.63, 3.8) is 0 Å². The molecule has 21 heavy (non-hydrogen) atoms. The number of hydrogen-bond donors (Lipinski definition) is 2. The number of methoxy groups -OCH3 is 1. The lowest BCUT2D eigenvalue weighted by Crippen LogP contribution is -2.30. The van der Waals surface area contributed by atoms with Crippen LogP contribution in [0.5, 0.6) is 5.75 Å². The van der Waals surface area contributed by atoms with Crippen molar-refractivity contribution in [1.82, 2.24) is 4.72 Å². The molecule has 0 atom stereocenters. The number of nitrogens with one attached hydrogen (secondary N) is 1. The highest BCUT2D eigenvalue weighted by Gasteiger charge is 2.21. The van der Waals surface area contributed by atoms with Gasteiger partial charge in [-0.1, -0.05) is 19.3 Å². The van der Waals surface area contributed by atoms with Gasteiger partial charge < -0.3 is 10.5 Å². The number of nitrogens with two attached hydrogens (primary N) is 1. The van der Waals surface area contributed by atoms with Crippen molar-refractivity contribution >= 4 is 15.7 Å².